The zero-order valence-electron chi connectivity index (χ0n) is 9.29. The Kier molecular flexibility index (Phi) is 3.19. The van der Waals surface area contributed by atoms with Gasteiger partial charge in [0.1, 0.15) is 0 Å². The van der Waals surface area contributed by atoms with Gasteiger partial charge < -0.3 is 5.11 Å². The van der Waals surface area contributed by atoms with E-state index < -0.39 is 24.3 Å². The van der Waals surface area contributed by atoms with Crippen LogP contribution in [-0.4, -0.2) is 31.3 Å². The van der Waals surface area contributed by atoms with E-state index in [1.807, 2.05) is 0 Å². The van der Waals surface area contributed by atoms with Crippen molar-refractivity contribution in [2.75, 3.05) is 0 Å². The third kappa shape index (κ3) is 3.06. The smallest absolute Gasteiger partial charge is 0.416 e. The largest absolute Gasteiger partial charge is 0.480 e. The normalized spacial score (nSPS) is 11.5. The van der Waals surface area contributed by atoms with Crippen LogP contribution >= 0.6 is 0 Å². The number of benzene rings is 1. The van der Waals surface area contributed by atoms with Crippen molar-refractivity contribution < 1.29 is 23.1 Å². The Bertz CT molecular complexity index is 592. The molecule has 2 aromatic rings. The Morgan fingerprint density at radius 3 is 2.42 bits per heavy atom. The molecule has 0 spiro atoms. The molecule has 0 aliphatic carbocycles. The number of nitrogens with zero attached hydrogens (tertiary/aromatic N) is 4. The standard InChI is InChI=1S/C10H7F3N4O2/c11-10(12,13)7-3-1-6(2-4-7)9-14-16-17(15-9)5-8(18)19/h1-4H,5H2,(H,18,19). The molecule has 1 heterocycles. The summed E-state index contributed by atoms with van der Waals surface area (Å²) in [4.78, 5) is 11.3. The summed E-state index contributed by atoms with van der Waals surface area (Å²) in [7, 11) is 0. The van der Waals surface area contributed by atoms with Crippen LogP contribution in [-0.2, 0) is 17.5 Å². The summed E-state index contributed by atoms with van der Waals surface area (Å²) >= 11 is 0. The molecule has 0 saturated heterocycles. The number of hydrogen-bond donors (Lipinski definition) is 1. The van der Waals surface area contributed by atoms with Gasteiger partial charge in [-0.3, -0.25) is 4.79 Å². The number of aliphatic carboxylic acids is 1. The van der Waals surface area contributed by atoms with E-state index in [0.717, 1.165) is 16.9 Å². The Hall–Kier alpha value is -2.45. The summed E-state index contributed by atoms with van der Waals surface area (Å²) in [5, 5.41) is 19.3. The first-order valence-corrected chi connectivity index (χ1v) is 5.03. The van der Waals surface area contributed by atoms with E-state index in [-0.39, 0.29) is 5.82 Å². The van der Waals surface area contributed by atoms with Gasteiger partial charge in [0.15, 0.2) is 6.54 Å². The fourth-order valence-corrected chi connectivity index (χ4v) is 1.36. The molecule has 2 rings (SSSR count). The molecule has 100 valence electrons. The molecule has 0 saturated carbocycles. The van der Waals surface area contributed by atoms with Gasteiger partial charge in [-0.1, -0.05) is 12.1 Å². The Morgan fingerprint density at radius 2 is 1.89 bits per heavy atom. The van der Waals surface area contributed by atoms with Gasteiger partial charge in [0.25, 0.3) is 0 Å². The van der Waals surface area contributed by atoms with Gasteiger partial charge in [0.2, 0.25) is 5.82 Å². The second kappa shape index (κ2) is 4.67. The monoisotopic (exact) mass is 272 g/mol. The molecule has 1 aromatic heterocycles. The summed E-state index contributed by atoms with van der Waals surface area (Å²) < 4.78 is 37.1. The van der Waals surface area contributed by atoms with E-state index in [2.05, 4.69) is 15.4 Å². The van der Waals surface area contributed by atoms with Crippen molar-refractivity contribution in [3.63, 3.8) is 0 Å². The maximum Gasteiger partial charge on any atom is 0.416 e. The number of carboxylic acids is 1. The lowest BCUT2D eigenvalue weighted by Gasteiger charge is -2.05. The number of rotatable bonds is 3. The molecule has 0 radical (unpaired) electrons. The van der Waals surface area contributed by atoms with Crippen molar-refractivity contribution in [1.82, 2.24) is 20.2 Å². The SMILES string of the molecule is O=C(O)Cn1nnc(-c2ccc(C(F)(F)F)cc2)n1. The maximum atomic E-state index is 12.4. The lowest BCUT2D eigenvalue weighted by Crippen LogP contribution is -2.11. The zero-order chi connectivity index (χ0) is 14.0. The van der Waals surface area contributed by atoms with Gasteiger partial charge in [0.05, 0.1) is 5.56 Å². The van der Waals surface area contributed by atoms with Crippen LogP contribution in [0.3, 0.4) is 0 Å². The van der Waals surface area contributed by atoms with Gasteiger partial charge in [0, 0.05) is 5.56 Å². The van der Waals surface area contributed by atoms with Gasteiger partial charge >= 0.3 is 12.1 Å². The van der Waals surface area contributed by atoms with Crippen LogP contribution in [0.2, 0.25) is 0 Å². The minimum atomic E-state index is -4.41. The predicted molar refractivity (Wildman–Crippen MR) is 55.9 cm³/mol. The predicted octanol–water partition coefficient (Wildman–Crippen LogP) is 1.44. The highest BCUT2D eigenvalue weighted by Crippen LogP contribution is 2.30. The Balaban J connectivity index is 2.23. The minimum absolute atomic E-state index is 0.0648. The summed E-state index contributed by atoms with van der Waals surface area (Å²) in [6.45, 7) is -0.465. The van der Waals surface area contributed by atoms with Crippen LogP contribution in [0.15, 0.2) is 24.3 Å². The lowest BCUT2D eigenvalue weighted by molar-refractivity contribution is -0.138. The number of alkyl halides is 3. The molecule has 6 nitrogen and oxygen atoms in total. The summed E-state index contributed by atoms with van der Waals surface area (Å²) in [6, 6.07) is 4.19. The quantitative estimate of drug-likeness (QED) is 0.914. The van der Waals surface area contributed by atoms with Crippen molar-refractivity contribution in [3.05, 3.63) is 29.8 Å². The first-order chi connectivity index (χ1) is 8.86. The average molecular weight is 272 g/mol. The third-order valence-corrected chi connectivity index (χ3v) is 2.20. The number of halogens is 3. The molecule has 1 N–H and O–H groups in total. The summed E-state index contributed by atoms with van der Waals surface area (Å²) in [5.41, 5.74) is -0.459. The van der Waals surface area contributed by atoms with Crippen LogP contribution in [0.1, 0.15) is 5.56 Å². The van der Waals surface area contributed by atoms with E-state index in [9.17, 15) is 18.0 Å². The van der Waals surface area contributed by atoms with Crippen LogP contribution in [0, 0.1) is 0 Å². The van der Waals surface area contributed by atoms with Crippen LogP contribution in [0.5, 0.6) is 0 Å². The average Bonchev–Trinajstić information content (AvgIpc) is 2.75. The zero-order valence-corrected chi connectivity index (χ0v) is 9.29. The molecule has 0 amide bonds. The number of aromatic nitrogens is 4. The van der Waals surface area contributed by atoms with Crippen molar-refractivity contribution in [2.24, 2.45) is 0 Å². The van der Waals surface area contributed by atoms with Gasteiger partial charge in [-0.05, 0) is 17.3 Å². The number of hydrogen-bond acceptors (Lipinski definition) is 4. The van der Waals surface area contributed by atoms with Gasteiger partial charge in [-0.25, -0.2) is 0 Å². The molecule has 0 atom stereocenters. The molecule has 9 heteroatoms. The highest BCUT2D eigenvalue weighted by Gasteiger charge is 2.30. The van der Waals surface area contributed by atoms with Crippen molar-refractivity contribution in [2.45, 2.75) is 12.7 Å². The molecular weight excluding hydrogens is 265 g/mol. The first kappa shape index (κ1) is 13.0. The highest BCUT2D eigenvalue weighted by molar-refractivity contribution is 5.66. The first-order valence-electron chi connectivity index (χ1n) is 5.03. The van der Waals surface area contributed by atoms with Crippen LogP contribution < -0.4 is 0 Å². The van der Waals surface area contributed by atoms with Crippen LogP contribution in [0.25, 0.3) is 11.4 Å². The molecule has 0 bridgehead atoms. The fraction of sp³-hybridized carbons (Fsp3) is 0.200. The van der Waals surface area contributed by atoms with E-state index in [0.29, 0.717) is 5.56 Å². The lowest BCUT2D eigenvalue weighted by atomic mass is 10.1. The number of tetrazole rings is 1. The highest BCUT2D eigenvalue weighted by atomic mass is 19.4. The fourth-order valence-electron chi connectivity index (χ4n) is 1.36. The second-order valence-electron chi connectivity index (χ2n) is 3.61. The van der Waals surface area contributed by atoms with E-state index in [1.165, 1.54) is 12.1 Å². The van der Waals surface area contributed by atoms with E-state index in [4.69, 9.17) is 5.11 Å². The van der Waals surface area contributed by atoms with Crippen molar-refractivity contribution in [3.8, 4) is 11.4 Å². The summed E-state index contributed by atoms with van der Waals surface area (Å²) in [5.74, 6) is -1.08. The molecule has 0 aliphatic rings. The third-order valence-electron chi connectivity index (χ3n) is 2.20. The molecule has 0 aliphatic heterocycles. The summed E-state index contributed by atoms with van der Waals surface area (Å²) in [6.07, 6.45) is -4.41. The number of carbonyl (C=O) groups is 1. The topological polar surface area (TPSA) is 80.9 Å². The molecule has 19 heavy (non-hydrogen) atoms. The van der Waals surface area contributed by atoms with Crippen LogP contribution in [0.4, 0.5) is 13.2 Å². The Morgan fingerprint density at radius 1 is 1.26 bits per heavy atom. The number of carboxylic acid groups (broad SMARTS) is 1. The maximum absolute atomic E-state index is 12.4. The van der Waals surface area contributed by atoms with Crippen molar-refractivity contribution in [1.29, 1.82) is 0 Å². The van der Waals surface area contributed by atoms with Crippen molar-refractivity contribution >= 4 is 5.97 Å². The minimum Gasteiger partial charge on any atom is -0.480 e. The van der Waals surface area contributed by atoms with E-state index in [1.54, 1.807) is 0 Å². The van der Waals surface area contributed by atoms with E-state index >= 15 is 0 Å². The molecule has 0 fully saturated rings. The molecule has 1 aromatic carbocycles. The Labute approximate surface area is 104 Å². The van der Waals surface area contributed by atoms with Gasteiger partial charge in [-0.2, -0.15) is 18.0 Å². The van der Waals surface area contributed by atoms with Gasteiger partial charge in [-0.15, -0.1) is 10.2 Å². The second-order valence-corrected chi connectivity index (χ2v) is 3.61. The molecular formula is C10H7F3N4O2. The molecule has 0 unspecified atom stereocenters.